The summed E-state index contributed by atoms with van der Waals surface area (Å²) in [5.74, 6) is 0. The van der Waals surface area contributed by atoms with Gasteiger partial charge in [0.05, 0.1) is 0 Å². The van der Waals surface area contributed by atoms with E-state index in [-0.39, 0.29) is 22.3 Å². The van der Waals surface area contributed by atoms with Crippen molar-refractivity contribution in [3.8, 4) is 0 Å². The summed E-state index contributed by atoms with van der Waals surface area (Å²) < 4.78 is 18.0. The van der Waals surface area contributed by atoms with Gasteiger partial charge in [-0.1, -0.05) is 22.3 Å². The molecule has 0 atom stereocenters. The van der Waals surface area contributed by atoms with Gasteiger partial charge in [-0.3, -0.25) is 0 Å². The Balaban J connectivity index is -0.000000327. The molecule has 0 aliphatic rings. The first-order chi connectivity index (χ1) is 6.47. The highest BCUT2D eigenvalue weighted by Crippen LogP contribution is 2.21. The van der Waals surface area contributed by atoms with E-state index in [1.807, 2.05) is 13.5 Å². The van der Waals surface area contributed by atoms with Crippen LogP contribution in [0.3, 0.4) is 0 Å². The van der Waals surface area contributed by atoms with Gasteiger partial charge in [-0.05, 0) is 46.2 Å². The lowest BCUT2D eigenvalue weighted by Crippen LogP contribution is -2.54. The van der Waals surface area contributed by atoms with Gasteiger partial charge in [-0.25, -0.2) is 0 Å². The van der Waals surface area contributed by atoms with Gasteiger partial charge in [-0.15, -0.1) is 0 Å². The molecule has 0 heterocycles. The molecule has 18 heavy (non-hydrogen) atoms. The van der Waals surface area contributed by atoms with Crippen molar-refractivity contribution in [3.05, 3.63) is 0 Å². The van der Waals surface area contributed by atoms with Crippen molar-refractivity contribution in [2.24, 2.45) is 0 Å². The number of hydrogen-bond acceptors (Lipinski definition) is 3. The molecule has 0 aromatic carbocycles. The lowest BCUT2D eigenvalue weighted by atomic mass is 10.9. The molecule has 0 N–H and O–H groups in total. The molecule has 0 saturated heterocycles. The largest absolute Gasteiger partial charge is 0.476 e. The van der Waals surface area contributed by atoms with Crippen LogP contribution in [0, 0.1) is 0 Å². The molecule has 0 unspecified atom stereocenters. The SMILES string of the molecule is C.C.C.CCO[Si](C)(O[Si](C)(C)C)O[Si](C)(C)C. The number of rotatable bonds is 6. The summed E-state index contributed by atoms with van der Waals surface area (Å²) in [6, 6.07) is 0. The Kier molecular flexibility index (Phi) is 14.1. The standard InChI is InChI=1S/C9H26O3Si3.3CH4/c1-9-10-15(8,11-13(2,3)4)12-14(5,6)7;;;/h9H2,1-8H3;3*1H4. The molecular formula is C12H38O3Si3. The van der Waals surface area contributed by atoms with Crippen molar-refractivity contribution < 1.29 is 12.7 Å². The Morgan fingerprint density at radius 2 is 0.944 bits per heavy atom. The highest BCUT2D eigenvalue weighted by Gasteiger charge is 2.42. The first-order valence-electron chi connectivity index (χ1n) is 5.52. The molecule has 0 amide bonds. The molecule has 0 aromatic heterocycles. The molecule has 0 radical (unpaired) electrons. The Labute approximate surface area is 120 Å². The summed E-state index contributed by atoms with van der Waals surface area (Å²) in [6.45, 7) is 17.7. The third kappa shape index (κ3) is 14.6. The van der Waals surface area contributed by atoms with Gasteiger partial charge >= 0.3 is 8.80 Å². The molecular weight excluding hydrogens is 276 g/mol. The molecule has 0 aromatic rings. The first-order valence-corrected chi connectivity index (χ1v) is 14.6. The summed E-state index contributed by atoms with van der Waals surface area (Å²) in [7, 11) is -5.59. The predicted molar refractivity (Wildman–Crippen MR) is 92.3 cm³/mol. The molecule has 0 rings (SSSR count). The van der Waals surface area contributed by atoms with Crippen LogP contribution in [0.5, 0.6) is 0 Å². The fourth-order valence-corrected chi connectivity index (χ4v) is 11.9. The summed E-state index contributed by atoms with van der Waals surface area (Å²) >= 11 is 0. The smallest absolute Gasteiger partial charge is 0.417 e. The van der Waals surface area contributed by atoms with Crippen molar-refractivity contribution in [3.63, 3.8) is 0 Å². The molecule has 0 aliphatic heterocycles. The van der Waals surface area contributed by atoms with Crippen LogP contribution in [-0.2, 0) is 12.7 Å². The monoisotopic (exact) mass is 314 g/mol. The molecule has 116 valence electrons. The Morgan fingerprint density at radius 3 is 1.11 bits per heavy atom. The molecule has 3 nitrogen and oxygen atoms in total. The van der Waals surface area contributed by atoms with E-state index in [4.69, 9.17) is 12.7 Å². The zero-order valence-corrected chi connectivity index (χ0v) is 14.4. The van der Waals surface area contributed by atoms with Gasteiger partial charge in [0.15, 0.2) is 16.6 Å². The van der Waals surface area contributed by atoms with Crippen molar-refractivity contribution in [2.45, 2.75) is 75.0 Å². The average Bonchev–Trinajstić information content (AvgIpc) is 1.74. The van der Waals surface area contributed by atoms with Crippen molar-refractivity contribution in [1.29, 1.82) is 0 Å². The lowest BCUT2D eigenvalue weighted by Gasteiger charge is -2.36. The molecule has 0 aliphatic carbocycles. The topological polar surface area (TPSA) is 27.7 Å². The minimum Gasteiger partial charge on any atom is -0.417 e. The molecule has 0 spiro atoms. The average molecular weight is 315 g/mol. The maximum atomic E-state index is 6.11. The van der Waals surface area contributed by atoms with Gasteiger partial charge in [0, 0.05) is 13.2 Å². The van der Waals surface area contributed by atoms with Crippen LogP contribution in [0.15, 0.2) is 0 Å². The minimum atomic E-state index is -2.40. The van der Waals surface area contributed by atoms with E-state index in [1.165, 1.54) is 0 Å². The van der Waals surface area contributed by atoms with Crippen molar-refractivity contribution in [1.82, 2.24) is 0 Å². The lowest BCUT2D eigenvalue weighted by molar-refractivity contribution is 0.177. The summed E-state index contributed by atoms with van der Waals surface area (Å²) in [6.07, 6.45) is 0. The van der Waals surface area contributed by atoms with Gasteiger partial charge in [0.1, 0.15) is 0 Å². The fraction of sp³-hybridized carbons (Fsp3) is 1.00. The maximum absolute atomic E-state index is 6.11. The van der Waals surface area contributed by atoms with Crippen molar-refractivity contribution in [2.75, 3.05) is 6.61 Å². The van der Waals surface area contributed by atoms with Crippen molar-refractivity contribution >= 4 is 25.4 Å². The third-order valence-corrected chi connectivity index (χ3v) is 10.1. The van der Waals surface area contributed by atoms with Gasteiger partial charge in [0.2, 0.25) is 0 Å². The van der Waals surface area contributed by atoms with Crippen LogP contribution in [0.25, 0.3) is 0 Å². The molecule has 0 fully saturated rings. The van der Waals surface area contributed by atoms with E-state index in [0.29, 0.717) is 6.61 Å². The summed E-state index contributed by atoms with van der Waals surface area (Å²) in [5, 5.41) is 0. The second-order valence-electron chi connectivity index (χ2n) is 5.72. The van der Waals surface area contributed by atoms with Crippen LogP contribution in [0.4, 0.5) is 0 Å². The van der Waals surface area contributed by atoms with E-state index < -0.39 is 25.4 Å². The summed E-state index contributed by atoms with van der Waals surface area (Å²) in [4.78, 5) is 0. The maximum Gasteiger partial charge on any atom is 0.476 e. The summed E-state index contributed by atoms with van der Waals surface area (Å²) in [5.41, 5.74) is 0. The molecule has 0 saturated carbocycles. The normalized spacial score (nSPS) is 12.0. The van der Waals surface area contributed by atoms with Gasteiger partial charge in [-0.2, -0.15) is 0 Å². The van der Waals surface area contributed by atoms with Gasteiger partial charge in [0.25, 0.3) is 0 Å². The highest BCUT2D eigenvalue weighted by atomic mass is 28.5. The van der Waals surface area contributed by atoms with Crippen LogP contribution in [0.2, 0.25) is 45.8 Å². The van der Waals surface area contributed by atoms with E-state index >= 15 is 0 Å². The van der Waals surface area contributed by atoms with E-state index in [1.54, 1.807) is 0 Å². The zero-order valence-electron chi connectivity index (χ0n) is 11.4. The fourth-order valence-electron chi connectivity index (χ4n) is 1.45. The van der Waals surface area contributed by atoms with E-state index in [9.17, 15) is 0 Å². The van der Waals surface area contributed by atoms with Crippen LogP contribution in [-0.4, -0.2) is 32.0 Å². The Bertz CT molecular complexity index is 182. The number of hydrogen-bond donors (Lipinski definition) is 0. The third-order valence-electron chi connectivity index (χ3n) is 1.39. The quantitative estimate of drug-likeness (QED) is 0.630. The Hall–Kier alpha value is 0.531. The minimum absolute atomic E-state index is 0. The first kappa shape index (κ1) is 27.0. The zero-order chi connectivity index (χ0) is 12.3. The van der Waals surface area contributed by atoms with E-state index in [2.05, 4.69) is 39.3 Å². The van der Waals surface area contributed by atoms with Gasteiger partial charge < -0.3 is 12.7 Å². The van der Waals surface area contributed by atoms with E-state index in [0.717, 1.165) is 0 Å². The van der Waals surface area contributed by atoms with Crippen LogP contribution >= 0.6 is 0 Å². The predicted octanol–water partition coefficient (Wildman–Crippen LogP) is 5.20. The highest BCUT2D eigenvalue weighted by molar-refractivity contribution is 6.85. The van der Waals surface area contributed by atoms with Crippen LogP contribution in [0.1, 0.15) is 29.2 Å². The molecule has 0 bridgehead atoms. The molecule has 6 heteroatoms. The van der Waals surface area contributed by atoms with Crippen LogP contribution < -0.4 is 0 Å². The second-order valence-corrected chi connectivity index (χ2v) is 17.8. The Morgan fingerprint density at radius 1 is 0.667 bits per heavy atom. The second kappa shape index (κ2) is 9.44.